The molecule has 0 unspecified atom stereocenters. The highest BCUT2D eigenvalue weighted by atomic mass is 16.1. The van der Waals surface area contributed by atoms with E-state index in [4.69, 9.17) is 0 Å². The van der Waals surface area contributed by atoms with Gasteiger partial charge < -0.3 is 5.32 Å². The Balaban J connectivity index is 2.18. The number of anilines is 1. The number of amides is 1. The Kier molecular flexibility index (Phi) is 2.68. The minimum absolute atomic E-state index is 0.190. The summed E-state index contributed by atoms with van der Waals surface area (Å²) in [5, 5.41) is 6.72. The minimum atomic E-state index is -0.190. The highest BCUT2D eigenvalue weighted by Crippen LogP contribution is 2.08. The molecule has 16 heavy (non-hydrogen) atoms. The predicted octanol–water partition coefficient (Wildman–Crippen LogP) is 1.38. The van der Waals surface area contributed by atoms with Crippen LogP contribution in [0.25, 0.3) is 0 Å². The molecule has 1 N–H and O–H groups in total. The fourth-order valence-electron chi connectivity index (χ4n) is 1.34. The van der Waals surface area contributed by atoms with Crippen LogP contribution in [0.15, 0.2) is 30.6 Å². The summed E-state index contributed by atoms with van der Waals surface area (Å²) in [6, 6.07) is 5.35. The zero-order valence-corrected chi connectivity index (χ0v) is 9.14. The standard InChI is InChI=1S/C11H12N4O/c1-8-9(7-13-15(8)2)11(16)14-10-5-3-4-6-12-10/h3-7H,1-2H3,(H,12,14,16). The lowest BCUT2D eigenvalue weighted by Gasteiger charge is -2.03. The first-order valence-electron chi connectivity index (χ1n) is 4.89. The molecule has 0 fully saturated rings. The van der Waals surface area contributed by atoms with Crippen LogP contribution in [0, 0.1) is 6.92 Å². The van der Waals surface area contributed by atoms with E-state index in [0.717, 1.165) is 5.69 Å². The molecule has 0 saturated heterocycles. The molecule has 0 aromatic carbocycles. The summed E-state index contributed by atoms with van der Waals surface area (Å²) in [6.07, 6.45) is 3.18. The number of pyridine rings is 1. The molecule has 0 atom stereocenters. The van der Waals surface area contributed by atoms with Crippen molar-refractivity contribution in [2.75, 3.05) is 5.32 Å². The Hall–Kier alpha value is -2.17. The Labute approximate surface area is 93.1 Å². The second-order valence-corrected chi connectivity index (χ2v) is 3.44. The van der Waals surface area contributed by atoms with E-state index in [1.54, 1.807) is 36.3 Å². The Morgan fingerprint density at radius 1 is 1.44 bits per heavy atom. The molecular formula is C11H12N4O. The highest BCUT2D eigenvalue weighted by Gasteiger charge is 2.12. The number of rotatable bonds is 2. The molecule has 0 aliphatic carbocycles. The van der Waals surface area contributed by atoms with Gasteiger partial charge in [0.2, 0.25) is 0 Å². The van der Waals surface area contributed by atoms with E-state index in [0.29, 0.717) is 11.4 Å². The molecule has 0 spiro atoms. The summed E-state index contributed by atoms with van der Waals surface area (Å²) in [5.41, 5.74) is 1.39. The van der Waals surface area contributed by atoms with E-state index in [1.165, 1.54) is 0 Å². The van der Waals surface area contributed by atoms with Crippen molar-refractivity contribution in [1.82, 2.24) is 14.8 Å². The number of nitrogens with zero attached hydrogens (tertiary/aromatic N) is 3. The summed E-state index contributed by atoms with van der Waals surface area (Å²) in [5.74, 6) is 0.347. The van der Waals surface area contributed by atoms with Gasteiger partial charge in [-0.05, 0) is 19.1 Å². The van der Waals surface area contributed by atoms with Crippen LogP contribution in [0.3, 0.4) is 0 Å². The van der Waals surface area contributed by atoms with Crippen molar-refractivity contribution in [3.63, 3.8) is 0 Å². The van der Waals surface area contributed by atoms with Crippen molar-refractivity contribution in [1.29, 1.82) is 0 Å². The van der Waals surface area contributed by atoms with Gasteiger partial charge in [-0.15, -0.1) is 0 Å². The molecule has 0 aliphatic heterocycles. The summed E-state index contributed by atoms with van der Waals surface area (Å²) in [4.78, 5) is 15.9. The SMILES string of the molecule is Cc1c(C(=O)Nc2ccccn2)cnn1C. The third-order valence-electron chi connectivity index (χ3n) is 2.39. The molecular weight excluding hydrogens is 204 g/mol. The van der Waals surface area contributed by atoms with Crippen LogP contribution in [0.4, 0.5) is 5.82 Å². The predicted molar refractivity (Wildman–Crippen MR) is 60.1 cm³/mol. The lowest BCUT2D eigenvalue weighted by Crippen LogP contribution is -2.13. The third-order valence-corrected chi connectivity index (χ3v) is 2.39. The van der Waals surface area contributed by atoms with Crippen molar-refractivity contribution in [3.8, 4) is 0 Å². The van der Waals surface area contributed by atoms with E-state index in [9.17, 15) is 4.79 Å². The zero-order valence-electron chi connectivity index (χ0n) is 9.14. The topological polar surface area (TPSA) is 59.8 Å². The van der Waals surface area contributed by atoms with Crippen LogP contribution in [-0.4, -0.2) is 20.7 Å². The van der Waals surface area contributed by atoms with Crippen molar-refractivity contribution < 1.29 is 4.79 Å². The molecule has 2 aromatic heterocycles. The van der Waals surface area contributed by atoms with Gasteiger partial charge >= 0.3 is 0 Å². The maximum atomic E-state index is 11.8. The van der Waals surface area contributed by atoms with Gasteiger partial charge in [-0.3, -0.25) is 9.48 Å². The van der Waals surface area contributed by atoms with Gasteiger partial charge in [0.25, 0.3) is 5.91 Å². The van der Waals surface area contributed by atoms with E-state index in [-0.39, 0.29) is 5.91 Å². The first-order valence-corrected chi connectivity index (χ1v) is 4.89. The number of nitrogens with one attached hydrogen (secondary N) is 1. The number of carbonyl (C=O) groups excluding carboxylic acids is 1. The minimum Gasteiger partial charge on any atom is -0.306 e. The van der Waals surface area contributed by atoms with E-state index < -0.39 is 0 Å². The van der Waals surface area contributed by atoms with Crippen LogP contribution >= 0.6 is 0 Å². The third kappa shape index (κ3) is 1.93. The fourth-order valence-corrected chi connectivity index (χ4v) is 1.34. The molecule has 0 aliphatic rings. The van der Waals surface area contributed by atoms with Gasteiger partial charge in [0.05, 0.1) is 11.8 Å². The number of aromatic nitrogens is 3. The fraction of sp³-hybridized carbons (Fsp3) is 0.182. The highest BCUT2D eigenvalue weighted by molar-refractivity contribution is 6.04. The van der Waals surface area contributed by atoms with Gasteiger partial charge in [0.15, 0.2) is 0 Å². The molecule has 2 heterocycles. The molecule has 2 aromatic rings. The van der Waals surface area contributed by atoms with Crippen LogP contribution in [0.5, 0.6) is 0 Å². The average Bonchev–Trinajstić information content (AvgIpc) is 2.61. The monoisotopic (exact) mass is 216 g/mol. The normalized spacial score (nSPS) is 10.1. The van der Waals surface area contributed by atoms with Crippen LogP contribution < -0.4 is 5.32 Å². The largest absolute Gasteiger partial charge is 0.306 e. The van der Waals surface area contributed by atoms with Gasteiger partial charge in [-0.1, -0.05) is 6.07 Å². The summed E-state index contributed by atoms with van der Waals surface area (Å²) < 4.78 is 1.66. The van der Waals surface area contributed by atoms with E-state index in [2.05, 4.69) is 15.4 Å². The van der Waals surface area contributed by atoms with Gasteiger partial charge in [-0.2, -0.15) is 5.10 Å². The number of hydrogen-bond donors (Lipinski definition) is 1. The molecule has 1 amide bonds. The molecule has 5 nitrogen and oxygen atoms in total. The second kappa shape index (κ2) is 4.14. The van der Waals surface area contributed by atoms with Gasteiger partial charge in [-0.25, -0.2) is 4.98 Å². The first kappa shape index (κ1) is 10.4. The molecule has 82 valence electrons. The summed E-state index contributed by atoms with van der Waals surface area (Å²) in [7, 11) is 1.80. The molecule has 0 saturated carbocycles. The molecule has 0 bridgehead atoms. The average molecular weight is 216 g/mol. The van der Waals surface area contributed by atoms with Gasteiger partial charge in [0.1, 0.15) is 5.82 Å². The maximum Gasteiger partial charge on any atom is 0.260 e. The van der Waals surface area contributed by atoms with E-state index in [1.807, 2.05) is 13.0 Å². The molecule has 0 radical (unpaired) electrons. The van der Waals surface area contributed by atoms with Crippen LogP contribution in [-0.2, 0) is 7.05 Å². The summed E-state index contributed by atoms with van der Waals surface area (Å²) >= 11 is 0. The summed E-state index contributed by atoms with van der Waals surface area (Å²) in [6.45, 7) is 1.85. The quantitative estimate of drug-likeness (QED) is 0.824. The smallest absolute Gasteiger partial charge is 0.260 e. The van der Waals surface area contributed by atoms with E-state index >= 15 is 0 Å². The molecule has 5 heteroatoms. The van der Waals surface area contributed by atoms with Crippen molar-refractivity contribution in [2.45, 2.75) is 6.92 Å². The van der Waals surface area contributed by atoms with Crippen LogP contribution in [0.2, 0.25) is 0 Å². The number of carbonyl (C=O) groups is 1. The Morgan fingerprint density at radius 2 is 2.25 bits per heavy atom. The van der Waals surface area contributed by atoms with Crippen molar-refractivity contribution >= 4 is 11.7 Å². The number of aryl methyl sites for hydroxylation is 1. The van der Waals surface area contributed by atoms with Gasteiger partial charge in [0, 0.05) is 18.9 Å². The lowest BCUT2D eigenvalue weighted by molar-refractivity contribution is 0.102. The Bertz CT molecular complexity index is 504. The zero-order chi connectivity index (χ0) is 11.5. The van der Waals surface area contributed by atoms with Crippen molar-refractivity contribution in [3.05, 3.63) is 41.9 Å². The van der Waals surface area contributed by atoms with Crippen LogP contribution in [0.1, 0.15) is 16.1 Å². The maximum absolute atomic E-state index is 11.8. The van der Waals surface area contributed by atoms with Crippen molar-refractivity contribution in [2.24, 2.45) is 7.05 Å². The first-order chi connectivity index (χ1) is 7.68. The Morgan fingerprint density at radius 3 is 2.81 bits per heavy atom. The second-order valence-electron chi connectivity index (χ2n) is 3.44. The molecule has 2 rings (SSSR count). The lowest BCUT2D eigenvalue weighted by atomic mass is 10.2. The number of hydrogen-bond acceptors (Lipinski definition) is 3.